The lowest BCUT2D eigenvalue weighted by atomic mass is 9.97. The van der Waals surface area contributed by atoms with Crippen molar-refractivity contribution in [3.63, 3.8) is 0 Å². The van der Waals surface area contributed by atoms with E-state index < -0.39 is 0 Å². The van der Waals surface area contributed by atoms with Crippen LogP contribution in [0, 0.1) is 12.8 Å². The average Bonchev–Trinajstić information content (AvgIpc) is 3.17. The summed E-state index contributed by atoms with van der Waals surface area (Å²) in [6.07, 6.45) is 2.82. The van der Waals surface area contributed by atoms with Crippen molar-refractivity contribution in [1.82, 2.24) is 5.32 Å². The molecule has 1 aromatic rings. The highest BCUT2D eigenvalue weighted by Gasteiger charge is 2.37. The molecule has 2 nitrogen and oxygen atoms in total. The van der Waals surface area contributed by atoms with Crippen molar-refractivity contribution < 1.29 is 4.74 Å². The summed E-state index contributed by atoms with van der Waals surface area (Å²) in [7, 11) is 1.99. The van der Waals surface area contributed by atoms with Crippen LogP contribution >= 0.6 is 11.6 Å². The lowest BCUT2D eigenvalue weighted by Gasteiger charge is -2.27. The Morgan fingerprint density at radius 1 is 1.44 bits per heavy atom. The van der Waals surface area contributed by atoms with Crippen LogP contribution in [0.25, 0.3) is 0 Å². The molecule has 0 bridgehead atoms. The summed E-state index contributed by atoms with van der Waals surface area (Å²) >= 11 is 6.22. The van der Waals surface area contributed by atoms with Crippen LogP contribution in [0.1, 0.15) is 36.9 Å². The number of nitrogens with one attached hydrogen (secondary N) is 1. The minimum Gasteiger partial charge on any atom is -0.376 e. The highest BCUT2D eigenvalue weighted by atomic mass is 35.5. The van der Waals surface area contributed by atoms with Gasteiger partial charge in [0.2, 0.25) is 0 Å². The number of ether oxygens (including phenoxy) is 1. The number of rotatable bonds is 6. The standard InChI is InChI=1S/C15H22ClNO/c1-4-18-15(11-7-8-11)14(17-3)12-6-5-10(2)13(16)9-12/h5-6,9,11,14-15,17H,4,7-8H2,1-3H3. The summed E-state index contributed by atoms with van der Waals surface area (Å²) in [5.74, 6) is 0.697. The van der Waals surface area contributed by atoms with Gasteiger partial charge in [-0.25, -0.2) is 0 Å². The zero-order chi connectivity index (χ0) is 13.1. The molecule has 2 atom stereocenters. The van der Waals surface area contributed by atoms with E-state index in [1.165, 1.54) is 18.4 Å². The van der Waals surface area contributed by atoms with Gasteiger partial charge in [0.25, 0.3) is 0 Å². The maximum Gasteiger partial charge on any atom is 0.0797 e. The normalized spacial score (nSPS) is 18.7. The molecule has 1 aromatic carbocycles. The Morgan fingerprint density at radius 3 is 2.67 bits per heavy atom. The van der Waals surface area contributed by atoms with Gasteiger partial charge in [-0.05, 0) is 56.8 Å². The maximum absolute atomic E-state index is 6.22. The molecule has 3 heteroatoms. The van der Waals surface area contributed by atoms with E-state index in [9.17, 15) is 0 Å². The maximum atomic E-state index is 6.22. The third-order valence-corrected chi connectivity index (χ3v) is 4.05. The molecule has 100 valence electrons. The molecule has 0 amide bonds. The van der Waals surface area contributed by atoms with Crippen molar-refractivity contribution in [2.24, 2.45) is 5.92 Å². The van der Waals surface area contributed by atoms with Gasteiger partial charge in [-0.2, -0.15) is 0 Å². The molecule has 1 N–H and O–H groups in total. The van der Waals surface area contributed by atoms with Crippen molar-refractivity contribution in [2.75, 3.05) is 13.7 Å². The summed E-state index contributed by atoms with van der Waals surface area (Å²) in [6.45, 7) is 4.85. The van der Waals surface area contributed by atoms with Gasteiger partial charge in [-0.3, -0.25) is 0 Å². The molecule has 2 unspecified atom stereocenters. The van der Waals surface area contributed by atoms with Crippen LogP contribution in [0.2, 0.25) is 5.02 Å². The van der Waals surface area contributed by atoms with E-state index in [0.717, 1.165) is 17.2 Å². The Morgan fingerprint density at radius 2 is 2.17 bits per heavy atom. The predicted octanol–water partition coefficient (Wildman–Crippen LogP) is 3.72. The number of hydrogen-bond acceptors (Lipinski definition) is 2. The lowest BCUT2D eigenvalue weighted by molar-refractivity contribution is 0.0205. The van der Waals surface area contributed by atoms with Gasteiger partial charge in [0.15, 0.2) is 0 Å². The first-order valence-corrected chi connectivity index (χ1v) is 7.10. The Balaban J connectivity index is 2.22. The van der Waals surface area contributed by atoms with Crippen LogP contribution in [-0.2, 0) is 4.74 Å². The number of hydrogen-bond donors (Lipinski definition) is 1. The smallest absolute Gasteiger partial charge is 0.0797 e. The van der Waals surface area contributed by atoms with Gasteiger partial charge in [-0.15, -0.1) is 0 Å². The zero-order valence-electron chi connectivity index (χ0n) is 11.4. The molecule has 1 aliphatic carbocycles. The lowest BCUT2D eigenvalue weighted by Crippen LogP contribution is -2.33. The topological polar surface area (TPSA) is 21.3 Å². The molecular weight excluding hydrogens is 246 g/mol. The van der Waals surface area contributed by atoms with Crippen molar-refractivity contribution in [3.8, 4) is 0 Å². The predicted molar refractivity (Wildman–Crippen MR) is 76.1 cm³/mol. The van der Waals surface area contributed by atoms with Crippen LogP contribution in [0.3, 0.4) is 0 Å². The number of aryl methyl sites for hydroxylation is 1. The Labute approximate surface area is 115 Å². The second kappa shape index (κ2) is 6.05. The van der Waals surface area contributed by atoms with E-state index >= 15 is 0 Å². The summed E-state index contributed by atoms with van der Waals surface area (Å²) in [4.78, 5) is 0. The van der Waals surface area contributed by atoms with Gasteiger partial charge >= 0.3 is 0 Å². The fourth-order valence-corrected chi connectivity index (χ4v) is 2.63. The Hall–Kier alpha value is -0.570. The third kappa shape index (κ3) is 3.05. The quantitative estimate of drug-likeness (QED) is 0.848. The SMILES string of the molecule is CCOC(C1CC1)C(NC)c1ccc(C)c(Cl)c1. The van der Waals surface area contributed by atoms with Crippen LogP contribution < -0.4 is 5.32 Å². The second-order valence-corrected chi connectivity index (χ2v) is 5.44. The van der Waals surface area contributed by atoms with Crippen molar-refractivity contribution >= 4 is 11.6 Å². The number of benzene rings is 1. The van der Waals surface area contributed by atoms with Crippen molar-refractivity contribution in [1.29, 1.82) is 0 Å². The summed E-state index contributed by atoms with van der Waals surface area (Å²) in [5, 5.41) is 4.22. The van der Waals surface area contributed by atoms with Gasteiger partial charge < -0.3 is 10.1 Å². The van der Waals surface area contributed by atoms with Gasteiger partial charge in [0, 0.05) is 11.6 Å². The number of likely N-dealkylation sites (N-methyl/N-ethyl adjacent to an activating group) is 1. The molecule has 0 heterocycles. The second-order valence-electron chi connectivity index (χ2n) is 5.03. The fourth-order valence-electron chi connectivity index (χ4n) is 2.44. The molecular formula is C15H22ClNO. The largest absolute Gasteiger partial charge is 0.376 e. The molecule has 0 aliphatic heterocycles. The van der Waals surface area contributed by atoms with Crippen molar-refractivity contribution in [3.05, 3.63) is 34.3 Å². The van der Waals surface area contributed by atoms with Crippen LogP contribution in [0.4, 0.5) is 0 Å². The zero-order valence-corrected chi connectivity index (χ0v) is 12.1. The summed E-state index contributed by atoms with van der Waals surface area (Å²) < 4.78 is 5.94. The molecule has 2 rings (SSSR count). The van der Waals surface area contributed by atoms with E-state index in [1.54, 1.807) is 0 Å². The van der Waals surface area contributed by atoms with Crippen LogP contribution in [0.5, 0.6) is 0 Å². The van der Waals surface area contributed by atoms with Gasteiger partial charge in [0.05, 0.1) is 12.1 Å². The Kier molecular flexibility index (Phi) is 4.66. The minimum absolute atomic E-state index is 0.232. The van der Waals surface area contributed by atoms with Crippen LogP contribution in [0.15, 0.2) is 18.2 Å². The molecule has 0 saturated heterocycles. The van der Waals surface area contributed by atoms with Crippen molar-refractivity contribution in [2.45, 2.75) is 38.8 Å². The summed E-state index contributed by atoms with van der Waals surface area (Å²) in [5.41, 5.74) is 2.34. The molecule has 0 radical (unpaired) electrons. The Bertz CT molecular complexity index is 403. The van der Waals surface area contributed by atoms with Crippen LogP contribution in [-0.4, -0.2) is 19.8 Å². The average molecular weight is 268 g/mol. The first-order valence-electron chi connectivity index (χ1n) is 6.72. The fraction of sp³-hybridized carbons (Fsp3) is 0.600. The van der Waals surface area contributed by atoms with Gasteiger partial charge in [-0.1, -0.05) is 23.7 Å². The third-order valence-electron chi connectivity index (χ3n) is 3.64. The van der Waals surface area contributed by atoms with E-state index in [2.05, 4.69) is 30.4 Å². The summed E-state index contributed by atoms with van der Waals surface area (Å²) in [6, 6.07) is 6.52. The molecule has 1 fully saturated rings. The molecule has 18 heavy (non-hydrogen) atoms. The van der Waals surface area contributed by atoms with Gasteiger partial charge in [0.1, 0.15) is 0 Å². The van der Waals surface area contributed by atoms with E-state index in [0.29, 0.717) is 5.92 Å². The number of halogens is 1. The molecule has 0 aromatic heterocycles. The minimum atomic E-state index is 0.232. The monoisotopic (exact) mass is 267 g/mol. The van der Waals surface area contributed by atoms with E-state index in [4.69, 9.17) is 16.3 Å². The highest BCUT2D eigenvalue weighted by Crippen LogP contribution is 2.40. The first-order chi connectivity index (χ1) is 8.67. The highest BCUT2D eigenvalue weighted by molar-refractivity contribution is 6.31. The first kappa shape index (κ1) is 13.9. The molecule has 0 spiro atoms. The molecule has 1 saturated carbocycles. The van der Waals surface area contributed by atoms with E-state index in [1.807, 2.05) is 14.0 Å². The van der Waals surface area contributed by atoms with E-state index in [-0.39, 0.29) is 12.1 Å². The molecule has 1 aliphatic rings.